The molecule has 1 saturated heterocycles. The van der Waals surface area contributed by atoms with Crippen LogP contribution in [-0.4, -0.2) is 54.1 Å². The average Bonchev–Trinajstić information content (AvgIpc) is 2.97. The van der Waals surface area contributed by atoms with Gasteiger partial charge in [0.05, 0.1) is 12.7 Å². The molecule has 2 heterocycles. The Kier molecular flexibility index (Phi) is 4.81. The smallest absolute Gasteiger partial charge is 0.161 e. The second kappa shape index (κ2) is 6.81. The van der Waals surface area contributed by atoms with Crippen molar-refractivity contribution >= 4 is 23.2 Å². The summed E-state index contributed by atoms with van der Waals surface area (Å²) in [6.45, 7) is 0.526. The first-order chi connectivity index (χ1) is 10.7. The topological polar surface area (TPSA) is 51.1 Å². The van der Waals surface area contributed by atoms with Gasteiger partial charge < -0.3 is 19.2 Å². The van der Waals surface area contributed by atoms with Crippen LogP contribution in [0.3, 0.4) is 0 Å². The third-order valence-corrected chi connectivity index (χ3v) is 5.06. The second-order valence-electron chi connectivity index (χ2n) is 5.66. The summed E-state index contributed by atoms with van der Waals surface area (Å²) in [6.07, 6.45) is 0.913. The van der Waals surface area contributed by atoms with Gasteiger partial charge in [0.25, 0.3) is 0 Å². The maximum atomic E-state index is 11.1. The Morgan fingerprint density at radius 3 is 2.86 bits per heavy atom. The summed E-state index contributed by atoms with van der Waals surface area (Å²) in [5, 5.41) is 0.926. The molecule has 0 bridgehead atoms. The highest BCUT2D eigenvalue weighted by atomic mass is 32.2. The van der Waals surface area contributed by atoms with E-state index in [0.29, 0.717) is 13.0 Å². The van der Waals surface area contributed by atoms with Crippen LogP contribution in [0.1, 0.15) is 12.0 Å². The number of carbonyl (C=O) groups excluding carboxylic acids is 1. The molecular weight excluding hydrogens is 300 g/mol. The van der Waals surface area contributed by atoms with Gasteiger partial charge in [-0.3, -0.25) is 4.99 Å². The molecule has 4 atom stereocenters. The lowest BCUT2D eigenvalue weighted by atomic mass is 10.0. The van der Waals surface area contributed by atoms with Gasteiger partial charge in [-0.25, -0.2) is 0 Å². The Bertz CT molecular complexity index is 550. The van der Waals surface area contributed by atoms with Gasteiger partial charge >= 0.3 is 0 Å². The van der Waals surface area contributed by atoms with E-state index in [4.69, 9.17) is 14.5 Å². The summed E-state index contributed by atoms with van der Waals surface area (Å²) in [5.74, 6) is 0. The zero-order valence-electron chi connectivity index (χ0n) is 12.7. The molecular formula is C16H20N2O3S. The summed E-state index contributed by atoms with van der Waals surface area (Å²) in [6, 6.07) is 9.98. The standard InChI is InChI=1S/C16H20N2O3S/c1-18(2)16-17-14-13(8-12(9-19)21-15(14)22-16)20-10-11-6-4-3-5-7-11/h3-7,9,12-15H,8,10H2,1-2H3/t12-,13-,14+,15+/m0/s1. The van der Waals surface area contributed by atoms with Gasteiger partial charge in [-0.15, -0.1) is 0 Å². The minimum Gasteiger partial charge on any atom is -0.371 e. The molecule has 1 aromatic carbocycles. The van der Waals surface area contributed by atoms with Crippen molar-refractivity contribution in [1.82, 2.24) is 4.90 Å². The number of fused-ring (bicyclic) bond motifs is 1. The van der Waals surface area contributed by atoms with E-state index >= 15 is 0 Å². The van der Waals surface area contributed by atoms with Crippen molar-refractivity contribution in [2.45, 2.75) is 36.7 Å². The summed E-state index contributed by atoms with van der Waals surface area (Å²) < 4.78 is 11.9. The lowest BCUT2D eigenvalue weighted by Gasteiger charge is -2.34. The van der Waals surface area contributed by atoms with E-state index in [1.54, 1.807) is 11.8 Å². The third-order valence-electron chi connectivity index (χ3n) is 3.76. The minimum atomic E-state index is -0.411. The molecule has 6 heteroatoms. The average molecular weight is 320 g/mol. The van der Waals surface area contributed by atoms with Crippen molar-refractivity contribution < 1.29 is 14.3 Å². The van der Waals surface area contributed by atoms with E-state index < -0.39 is 6.10 Å². The molecule has 0 aromatic heterocycles. The molecule has 0 N–H and O–H groups in total. The quantitative estimate of drug-likeness (QED) is 0.793. The van der Waals surface area contributed by atoms with E-state index in [1.807, 2.05) is 49.3 Å². The first-order valence-electron chi connectivity index (χ1n) is 7.35. The Hall–Kier alpha value is -1.37. The molecule has 1 aromatic rings. The largest absolute Gasteiger partial charge is 0.371 e. The van der Waals surface area contributed by atoms with Gasteiger partial charge in [0.2, 0.25) is 0 Å². The van der Waals surface area contributed by atoms with Crippen LogP contribution in [0.15, 0.2) is 35.3 Å². The third kappa shape index (κ3) is 3.34. The predicted molar refractivity (Wildman–Crippen MR) is 86.9 cm³/mol. The molecule has 5 nitrogen and oxygen atoms in total. The lowest BCUT2D eigenvalue weighted by Crippen LogP contribution is -2.45. The van der Waals surface area contributed by atoms with Crippen LogP contribution < -0.4 is 0 Å². The molecule has 3 rings (SSSR count). The zero-order valence-corrected chi connectivity index (χ0v) is 13.5. The van der Waals surface area contributed by atoms with E-state index in [9.17, 15) is 4.79 Å². The van der Waals surface area contributed by atoms with Crippen LogP contribution >= 0.6 is 11.8 Å². The van der Waals surface area contributed by atoms with Gasteiger partial charge in [0.15, 0.2) is 5.17 Å². The van der Waals surface area contributed by atoms with Crippen LogP contribution in [-0.2, 0) is 20.9 Å². The highest BCUT2D eigenvalue weighted by molar-refractivity contribution is 8.14. The highest BCUT2D eigenvalue weighted by Crippen LogP contribution is 2.37. The maximum Gasteiger partial charge on any atom is 0.161 e. The van der Waals surface area contributed by atoms with Gasteiger partial charge in [-0.1, -0.05) is 42.1 Å². The van der Waals surface area contributed by atoms with Crippen molar-refractivity contribution in [3.05, 3.63) is 35.9 Å². The molecule has 0 saturated carbocycles. The SMILES string of the molecule is CN(C)C1=N[C@@H]2[C@@H](OCc3ccccc3)C[C@@H](C=O)O[C@@H]2S1. The lowest BCUT2D eigenvalue weighted by molar-refractivity contribution is -0.134. The molecule has 22 heavy (non-hydrogen) atoms. The number of amidine groups is 1. The van der Waals surface area contributed by atoms with E-state index in [-0.39, 0.29) is 17.6 Å². The highest BCUT2D eigenvalue weighted by Gasteiger charge is 2.44. The van der Waals surface area contributed by atoms with Crippen LogP contribution in [0.4, 0.5) is 0 Å². The van der Waals surface area contributed by atoms with Gasteiger partial charge in [0, 0.05) is 20.5 Å². The van der Waals surface area contributed by atoms with Gasteiger partial charge in [0.1, 0.15) is 23.9 Å². The molecule has 118 valence electrons. The number of carbonyl (C=O) groups is 1. The Morgan fingerprint density at radius 1 is 1.41 bits per heavy atom. The second-order valence-corrected chi connectivity index (χ2v) is 6.73. The monoisotopic (exact) mass is 320 g/mol. The molecule has 2 aliphatic rings. The van der Waals surface area contributed by atoms with Crippen LogP contribution in [0.2, 0.25) is 0 Å². The fourth-order valence-corrected chi connectivity index (χ4v) is 3.78. The number of thioether (sulfide) groups is 1. The Labute approximate surface area is 134 Å². The number of aldehydes is 1. The van der Waals surface area contributed by atoms with Crippen molar-refractivity contribution in [2.24, 2.45) is 4.99 Å². The molecule has 0 spiro atoms. The Morgan fingerprint density at radius 2 is 2.18 bits per heavy atom. The van der Waals surface area contributed by atoms with Crippen molar-refractivity contribution in [2.75, 3.05) is 14.1 Å². The molecule has 0 aliphatic carbocycles. The van der Waals surface area contributed by atoms with Crippen LogP contribution in [0.25, 0.3) is 0 Å². The molecule has 2 aliphatic heterocycles. The van der Waals surface area contributed by atoms with Crippen LogP contribution in [0.5, 0.6) is 0 Å². The summed E-state index contributed by atoms with van der Waals surface area (Å²) >= 11 is 1.56. The fraction of sp³-hybridized carbons (Fsp3) is 0.500. The fourth-order valence-electron chi connectivity index (χ4n) is 2.61. The van der Waals surface area contributed by atoms with Crippen molar-refractivity contribution in [1.29, 1.82) is 0 Å². The van der Waals surface area contributed by atoms with Gasteiger partial charge in [-0.2, -0.15) is 0 Å². The predicted octanol–water partition coefficient (Wildman–Crippen LogP) is 1.92. The number of nitrogens with zero attached hydrogens (tertiary/aromatic N) is 2. The minimum absolute atomic E-state index is 0.0534. The molecule has 0 unspecified atom stereocenters. The zero-order chi connectivity index (χ0) is 15.5. The Balaban J connectivity index is 1.70. The maximum absolute atomic E-state index is 11.1. The van der Waals surface area contributed by atoms with Crippen LogP contribution in [0, 0.1) is 0 Å². The molecule has 0 amide bonds. The number of hydrogen-bond acceptors (Lipinski definition) is 6. The number of rotatable bonds is 4. The normalized spacial score (nSPS) is 30.5. The summed E-state index contributed by atoms with van der Waals surface area (Å²) in [5.41, 5.74) is 0.984. The van der Waals surface area contributed by atoms with E-state index in [0.717, 1.165) is 17.0 Å². The number of hydrogen-bond donors (Lipinski definition) is 0. The molecule has 1 fully saturated rings. The van der Waals surface area contributed by atoms with E-state index in [2.05, 4.69) is 0 Å². The first-order valence-corrected chi connectivity index (χ1v) is 8.23. The number of ether oxygens (including phenoxy) is 2. The molecule has 0 radical (unpaired) electrons. The first kappa shape index (κ1) is 15.5. The van der Waals surface area contributed by atoms with Crippen molar-refractivity contribution in [3.8, 4) is 0 Å². The van der Waals surface area contributed by atoms with E-state index in [1.165, 1.54) is 0 Å². The van der Waals surface area contributed by atoms with Gasteiger partial charge in [-0.05, 0) is 5.56 Å². The number of benzene rings is 1. The van der Waals surface area contributed by atoms with Crippen molar-refractivity contribution in [3.63, 3.8) is 0 Å². The number of aliphatic imine (C=N–C) groups is 1. The summed E-state index contributed by atoms with van der Waals surface area (Å²) in [4.78, 5) is 17.8. The summed E-state index contributed by atoms with van der Waals surface area (Å²) in [7, 11) is 3.92.